The van der Waals surface area contributed by atoms with Crippen LogP contribution in [0, 0.1) is 5.92 Å². The van der Waals surface area contributed by atoms with Gasteiger partial charge in [-0.1, -0.05) is 26.0 Å². The number of nitrogens with one attached hydrogen (secondary N) is 1. The van der Waals surface area contributed by atoms with Crippen molar-refractivity contribution in [2.24, 2.45) is 5.92 Å². The molecule has 0 heterocycles. The van der Waals surface area contributed by atoms with Gasteiger partial charge in [0.05, 0.1) is 7.11 Å². The third-order valence-corrected chi connectivity index (χ3v) is 4.03. The van der Waals surface area contributed by atoms with Crippen LogP contribution in [-0.4, -0.2) is 31.7 Å². The summed E-state index contributed by atoms with van der Waals surface area (Å²) in [4.78, 5) is 0. The van der Waals surface area contributed by atoms with Crippen LogP contribution in [0.2, 0.25) is 0 Å². The highest BCUT2D eigenvalue weighted by molar-refractivity contribution is 7.98. The van der Waals surface area contributed by atoms with Gasteiger partial charge >= 0.3 is 0 Å². The fourth-order valence-electron chi connectivity index (χ4n) is 2.17. The molecule has 3 heteroatoms. The minimum Gasteiger partial charge on any atom is -0.497 e. The summed E-state index contributed by atoms with van der Waals surface area (Å²) in [6.45, 7) is 5.52. The van der Waals surface area contributed by atoms with Gasteiger partial charge < -0.3 is 10.1 Å². The van der Waals surface area contributed by atoms with Gasteiger partial charge in [-0.05, 0) is 48.6 Å². The fourth-order valence-corrected chi connectivity index (χ4v) is 2.93. The van der Waals surface area contributed by atoms with E-state index in [9.17, 15) is 0 Å². The third-order valence-electron chi connectivity index (χ3n) is 3.17. The van der Waals surface area contributed by atoms with E-state index in [1.807, 2.05) is 17.8 Å². The monoisotopic (exact) mass is 267 g/mol. The van der Waals surface area contributed by atoms with Crippen molar-refractivity contribution in [3.63, 3.8) is 0 Å². The smallest absolute Gasteiger partial charge is 0.119 e. The summed E-state index contributed by atoms with van der Waals surface area (Å²) in [6.07, 6.45) is 3.23. The van der Waals surface area contributed by atoms with Crippen LogP contribution in [0.1, 0.15) is 19.4 Å². The van der Waals surface area contributed by atoms with E-state index in [0.717, 1.165) is 18.7 Å². The average molecular weight is 267 g/mol. The van der Waals surface area contributed by atoms with Crippen LogP contribution in [0.3, 0.4) is 0 Å². The molecule has 0 amide bonds. The van der Waals surface area contributed by atoms with E-state index in [1.54, 1.807) is 7.11 Å². The van der Waals surface area contributed by atoms with Crippen LogP contribution in [0.15, 0.2) is 24.3 Å². The highest BCUT2D eigenvalue weighted by Crippen LogP contribution is 2.18. The zero-order valence-electron chi connectivity index (χ0n) is 11.9. The van der Waals surface area contributed by atoms with Gasteiger partial charge in [-0.3, -0.25) is 0 Å². The van der Waals surface area contributed by atoms with Gasteiger partial charge in [0.2, 0.25) is 0 Å². The average Bonchev–Trinajstić information content (AvgIpc) is 2.39. The Kier molecular flexibility index (Phi) is 7.21. The molecule has 0 radical (unpaired) electrons. The molecule has 0 aliphatic rings. The van der Waals surface area contributed by atoms with Crippen molar-refractivity contribution in [2.75, 3.05) is 25.7 Å². The number of hydrogen-bond donors (Lipinski definition) is 1. The van der Waals surface area contributed by atoms with Gasteiger partial charge in [0.1, 0.15) is 5.75 Å². The highest BCUT2D eigenvalue weighted by Gasteiger charge is 2.16. The molecular weight excluding hydrogens is 242 g/mol. The molecule has 18 heavy (non-hydrogen) atoms. The molecule has 1 aromatic rings. The molecule has 102 valence electrons. The molecule has 0 saturated carbocycles. The van der Waals surface area contributed by atoms with Crippen molar-refractivity contribution < 1.29 is 4.74 Å². The van der Waals surface area contributed by atoms with Crippen LogP contribution in [0.4, 0.5) is 0 Å². The zero-order chi connectivity index (χ0) is 13.4. The van der Waals surface area contributed by atoms with E-state index < -0.39 is 0 Å². The Morgan fingerprint density at radius 3 is 2.78 bits per heavy atom. The first kappa shape index (κ1) is 15.4. The lowest BCUT2D eigenvalue weighted by Crippen LogP contribution is -2.37. The highest BCUT2D eigenvalue weighted by atomic mass is 32.2. The second kappa shape index (κ2) is 8.44. The van der Waals surface area contributed by atoms with E-state index in [4.69, 9.17) is 4.74 Å². The maximum Gasteiger partial charge on any atom is 0.119 e. The Morgan fingerprint density at radius 1 is 1.39 bits per heavy atom. The first-order chi connectivity index (χ1) is 8.71. The third kappa shape index (κ3) is 4.91. The van der Waals surface area contributed by atoms with Crippen molar-refractivity contribution in [1.82, 2.24) is 5.32 Å². The van der Waals surface area contributed by atoms with Crippen molar-refractivity contribution >= 4 is 11.8 Å². The van der Waals surface area contributed by atoms with Crippen LogP contribution in [0.5, 0.6) is 5.75 Å². The van der Waals surface area contributed by atoms with E-state index in [-0.39, 0.29) is 0 Å². The molecule has 0 fully saturated rings. The Balaban J connectivity index is 2.69. The number of methoxy groups -OCH3 is 1. The summed E-state index contributed by atoms with van der Waals surface area (Å²) in [6, 6.07) is 8.91. The van der Waals surface area contributed by atoms with Crippen LogP contribution >= 0.6 is 11.8 Å². The first-order valence-corrected chi connectivity index (χ1v) is 7.95. The van der Waals surface area contributed by atoms with Gasteiger partial charge in [-0.2, -0.15) is 11.8 Å². The van der Waals surface area contributed by atoms with Gasteiger partial charge in [0.25, 0.3) is 0 Å². The van der Waals surface area contributed by atoms with Gasteiger partial charge in [0.15, 0.2) is 0 Å². The summed E-state index contributed by atoms with van der Waals surface area (Å²) in [5.74, 6) is 2.81. The van der Waals surface area contributed by atoms with Crippen molar-refractivity contribution in [3.8, 4) is 5.75 Å². The first-order valence-electron chi connectivity index (χ1n) is 6.56. The Labute approximate surface area is 116 Å². The molecule has 1 rings (SSSR count). The predicted octanol–water partition coefficient (Wildman–Crippen LogP) is 3.21. The summed E-state index contributed by atoms with van der Waals surface area (Å²) in [5, 5.41) is 3.60. The number of rotatable bonds is 8. The van der Waals surface area contributed by atoms with Crippen molar-refractivity contribution in [3.05, 3.63) is 29.8 Å². The lowest BCUT2D eigenvalue weighted by Gasteiger charge is -2.24. The quantitative estimate of drug-likeness (QED) is 0.781. The number of thioether (sulfide) groups is 1. The molecule has 0 aliphatic heterocycles. The molecule has 1 aromatic carbocycles. The van der Waals surface area contributed by atoms with E-state index >= 15 is 0 Å². The number of benzene rings is 1. The normalized spacial score (nSPS) is 14.2. The fraction of sp³-hybridized carbons (Fsp3) is 0.600. The largest absolute Gasteiger partial charge is 0.497 e. The number of likely N-dealkylation sites (N-methyl/N-ethyl adjacent to an activating group) is 1. The Bertz CT molecular complexity index is 343. The Hall–Kier alpha value is -0.670. The van der Waals surface area contributed by atoms with Crippen LogP contribution in [0.25, 0.3) is 0 Å². The lowest BCUT2D eigenvalue weighted by atomic mass is 9.96. The minimum absolute atomic E-state index is 0.537. The topological polar surface area (TPSA) is 21.3 Å². The molecule has 2 atom stereocenters. The maximum atomic E-state index is 5.28. The second-order valence-corrected chi connectivity index (χ2v) is 5.56. The summed E-state index contributed by atoms with van der Waals surface area (Å²) in [5.41, 5.74) is 1.34. The van der Waals surface area contributed by atoms with E-state index in [1.165, 1.54) is 11.3 Å². The van der Waals surface area contributed by atoms with E-state index in [0.29, 0.717) is 12.0 Å². The minimum atomic E-state index is 0.537. The number of ether oxygens (including phenoxy) is 1. The molecule has 0 aliphatic carbocycles. The molecule has 0 saturated heterocycles. The maximum absolute atomic E-state index is 5.28. The standard InChI is InChI=1S/C15H25NOS/c1-5-16-15(12(2)11-18-4)10-13-7-6-8-14(9-13)17-3/h6-9,12,15-16H,5,10-11H2,1-4H3. The molecule has 0 bridgehead atoms. The summed E-state index contributed by atoms with van der Waals surface area (Å²) < 4.78 is 5.28. The van der Waals surface area contributed by atoms with Crippen molar-refractivity contribution in [1.29, 1.82) is 0 Å². The second-order valence-electron chi connectivity index (χ2n) is 4.65. The molecule has 2 unspecified atom stereocenters. The van der Waals surface area contributed by atoms with Crippen molar-refractivity contribution in [2.45, 2.75) is 26.3 Å². The molecule has 2 nitrogen and oxygen atoms in total. The molecule has 0 spiro atoms. The molecule has 0 aromatic heterocycles. The Morgan fingerprint density at radius 2 is 2.17 bits per heavy atom. The van der Waals surface area contributed by atoms with E-state index in [2.05, 4.69) is 43.6 Å². The molecule has 1 N–H and O–H groups in total. The SMILES string of the molecule is CCNC(Cc1cccc(OC)c1)C(C)CSC. The van der Waals surface area contributed by atoms with Crippen LogP contribution < -0.4 is 10.1 Å². The summed E-state index contributed by atoms with van der Waals surface area (Å²) >= 11 is 1.92. The number of hydrogen-bond acceptors (Lipinski definition) is 3. The van der Waals surface area contributed by atoms with Gasteiger partial charge in [-0.15, -0.1) is 0 Å². The predicted molar refractivity (Wildman–Crippen MR) is 81.7 cm³/mol. The molecular formula is C15H25NOS. The van der Waals surface area contributed by atoms with Gasteiger partial charge in [0, 0.05) is 6.04 Å². The van der Waals surface area contributed by atoms with Gasteiger partial charge in [-0.25, -0.2) is 0 Å². The van der Waals surface area contributed by atoms with Crippen LogP contribution in [-0.2, 0) is 6.42 Å². The summed E-state index contributed by atoms with van der Waals surface area (Å²) in [7, 11) is 1.72. The zero-order valence-corrected chi connectivity index (χ0v) is 12.7. The lowest BCUT2D eigenvalue weighted by molar-refractivity contribution is 0.404.